The summed E-state index contributed by atoms with van der Waals surface area (Å²) >= 11 is 0. The van der Waals surface area contributed by atoms with Gasteiger partial charge in [0.15, 0.2) is 23.1 Å². The van der Waals surface area contributed by atoms with Crippen molar-refractivity contribution in [2.75, 3.05) is 0 Å². The van der Waals surface area contributed by atoms with Crippen LogP contribution in [0.3, 0.4) is 0 Å². The molecule has 0 bridgehead atoms. The van der Waals surface area contributed by atoms with Crippen LogP contribution in [0.15, 0.2) is 186 Å². The van der Waals surface area contributed by atoms with Crippen LogP contribution in [-0.4, -0.2) is 19.5 Å². The second kappa shape index (κ2) is 12.1. The van der Waals surface area contributed by atoms with E-state index in [0.717, 1.165) is 71.9 Å². The van der Waals surface area contributed by atoms with Gasteiger partial charge in [-0.2, -0.15) is 0 Å². The molecule has 0 N–H and O–H groups in total. The average molecular weight is 691 g/mol. The van der Waals surface area contributed by atoms with E-state index in [4.69, 9.17) is 19.4 Å². The van der Waals surface area contributed by atoms with Gasteiger partial charge in [-0.1, -0.05) is 146 Å². The van der Waals surface area contributed by atoms with Crippen molar-refractivity contribution in [3.8, 4) is 51.0 Å². The third kappa shape index (κ3) is 4.83. The predicted octanol–water partition coefficient (Wildman–Crippen LogP) is 12.7. The Morgan fingerprint density at radius 1 is 0.389 bits per heavy atom. The zero-order valence-electron chi connectivity index (χ0n) is 29.0. The van der Waals surface area contributed by atoms with Crippen LogP contribution in [0.2, 0.25) is 0 Å². The summed E-state index contributed by atoms with van der Waals surface area (Å²) in [4.78, 5) is 15.4. The second-order valence-electron chi connectivity index (χ2n) is 13.6. The van der Waals surface area contributed by atoms with Crippen molar-refractivity contribution in [2.24, 2.45) is 0 Å². The van der Waals surface area contributed by atoms with Gasteiger partial charge in [-0.05, 0) is 58.3 Å². The van der Waals surface area contributed by atoms with Crippen molar-refractivity contribution in [1.82, 2.24) is 19.5 Å². The quantitative estimate of drug-likeness (QED) is 0.180. The van der Waals surface area contributed by atoms with Crippen molar-refractivity contribution in [1.29, 1.82) is 0 Å². The smallest absolute Gasteiger partial charge is 0.164 e. The number of fused-ring (bicyclic) bond motifs is 7. The Balaban J connectivity index is 1.22. The molecule has 0 saturated heterocycles. The molecule has 0 spiro atoms. The van der Waals surface area contributed by atoms with Gasteiger partial charge >= 0.3 is 0 Å². The molecule has 3 heterocycles. The Morgan fingerprint density at radius 3 is 1.74 bits per heavy atom. The fourth-order valence-corrected chi connectivity index (χ4v) is 7.91. The van der Waals surface area contributed by atoms with Crippen LogP contribution < -0.4 is 0 Å². The molecule has 0 radical (unpaired) electrons. The summed E-state index contributed by atoms with van der Waals surface area (Å²) in [5, 5.41) is 6.65. The number of para-hydroxylation sites is 2. The van der Waals surface area contributed by atoms with Gasteiger partial charge in [-0.25, -0.2) is 15.0 Å². The predicted molar refractivity (Wildman–Crippen MR) is 221 cm³/mol. The van der Waals surface area contributed by atoms with Gasteiger partial charge in [0.05, 0.1) is 16.7 Å². The van der Waals surface area contributed by atoms with Crippen LogP contribution in [-0.2, 0) is 0 Å². The van der Waals surface area contributed by atoms with Gasteiger partial charge in [0, 0.05) is 38.2 Å². The molecule has 8 aromatic carbocycles. The van der Waals surface area contributed by atoms with Gasteiger partial charge in [-0.3, -0.25) is 0 Å². The summed E-state index contributed by atoms with van der Waals surface area (Å²) < 4.78 is 9.29. The van der Waals surface area contributed by atoms with Crippen molar-refractivity contribution in [2.45, 2.75) is 0 Å². The SMILES string of the molecule is c1ccc(-c2cc(-n3c4ccccc4c4ccccc43)c3oc4cccc(-c5nc(-c6ccccc6)nc(-c6ccc7ccccc7c6)n5)c4c3c2)cc1. The molecule has 0 saturated carbocycles. The molecule has 5 nitrogen and oxygen atoms in total. The lowest BCUT2D eigenvalue weighted by Gasteiger charge is -2.12. The second-order valence-corrected chi connectivity index (χ2v) is 13.6. The molecular formula is C49H30N4O. The minimum absolute atomic E-state index is 0.587. The molecule has 0 fully saturated rings. The lowest BCUT2D eigenvalue weighted by Crippen LogP contribution is -2.00. The summed E-state index contributed by atoms with van der Waals surface area (Å²) in [7, 11) is 0. The maximum atomic E-state index is 6.94. The first-order valence-electron chi connectivity index (χ1n) is 18.1. The summed E-state index contributed by atoms with van der Waals surface area (Å²) in [5.74, 6) is 1.82. The Labute approximate surface area is 310 Å². The molecule has 54 heavy (non-hydrogen) atoms. The minimum atomic E-state index is 0.587. The van der Waals surface area contributed by atoms with Crippen molar-refractivity contribution in [3.63, 3.8) is 0 Å². The molecule has 5 heteroatoms. The lowest BCUT2D eigenvalue weighted by atomic mass is 9.99. The highest BCUT2D eigenvalue weighted by molar-refractivity contribution is 6.16. The van der Waals surface area contributed by atoms with Crippen LogP contribution in [0.4, 0.5) is 0 Å². The number of furan rings is 1. The highest BCUT2D eigenvalue weighted by atomic mass is 16.3. The Hall–Kier alpha value is -7.37. The molecule has 252 valence electrons. The van der Waals surface area contributed by atoms with Gasteiger partial charge in [0.2, 0.25) is 0 Å². The molecule has 11 aromatic rings. The average Bonchev–Trinajstić information content (AvgIpc) is 3.80. The molecule has 11 rings (SSSR count). The standard InChI is InChI=1S/C49H30N4O/c1-3-14-31(15-4-1)36-29-40-45-39(49-51-47(33-17-5-2-6-18-33)50-48(52-49)35-27-26-32-16-7-8-19-34(32)28-35)22-13-25-44(45)54-46(40)43(30-36)53-41-23-11-9-20-37(41)38-21-10-12-24-42(38)53/h1-30H. The molecule has 0 unspecified atom stereocenters. The van der Waals surface area contributed by atoms with E-state index in [2.05, 4.69) is 144 Å². The molecule has 0 aliphatic heterocycles. The van der Waals surface area contributed by atoms with Crippen LogP contribution >= 0.6 is 0 Å². The first kappa shape index (κ1) is 30.3. The van der Waals surface area contributed by atoms with Gasteiger partial charge in [-0.15, -0.1) is 0 Å². The maximum Gasteiger partial charge on any atom is 0.164 e. The van der Waals surface area contributed by atoms with E-state index in [1.54, 1.807) is 0 Å². The monoisotopic (exact) mass is 690 g/mol. The van der Waals surface area contributed by atoms with Crippen molar-refractivity contribution < 1.29 is 4.42 Å². The fraction of sp³-hybridized carbons (Fsp3) is 0. The maximum absolute atomic E-state index is 6.94. The van der Waals surface area contributed by atoms with E-state index >= 15 is 0 Å². The highest BCUT2D eigenvalue weighted by Crippen LogP contribution is 2.43. The summed E-state index contributed by atoms with van der Waals surface area (Å²) in [6.07, 6.45) is 0. The largest absolute Gasteiger partial charge is 0.454 e. The van der Waals surface area contributed by atoms with Crippen LogP contribution in [0.25, 0.3) is 105 Å². The van der Waals surface area contributed by atoms with Crippen LogP contribution in [0.1, 0.15) is 0 Å². The number of hydrogen-bond donors (Lipinski definition) is 0. The van der Waals surface area contributed by atoms with E-state index in [1.165, 1.54) is 16.2 Å². The molecule has 0 atom stereocenters. The first-order valence-corrected chi connectivity index (χ1v) is 18.1. The summed E-state index contributed by atoms with van der Waals surface area (Å²) in [6.45, 7) is 0. The fourth-order valence-electron chi connectivity index (χ4n) is 7.91. The Kier molecular flexibility index (Phi) is 6.79. The minimum Gasteiger partial charge on any atom is -0.454 e. The summed E-state index contributed by atoms with van der Waals surface area (Å²) in [5.41, 5.74) is 9.74. The molecule has 0 amide bonds. The lowest BCUT2D eigenvalue weighted by molar-refractivity contribution is 0.666. The highest BCUT2D eigenvalue weighted by Gasteiger charge is 2.23. The normalized spacial score (nSPS) is 11.7. The van der Waals surface area contributed by atoms with Gasteiger partial charge in [0.25, 0.3) is 0 Å². The van der Waals surface area contributed by atoms with E-state index in [9.17, 15) is 0 Å². The Morgan fingerprint density at radius 2 is 1.00 bits per heavy atom. The van der Waals surface area contributed by atoms with E-state index < -0.39 is 0 Å². The first-order chi connectivity index (χ1) is 26.8. The zero-order chi connectivity index (χ0) is 35.6. The number of rotatable bonds is 5. The molecule has 3 aromatic heterocycles. The van der Waals surface area contributed by atoms with Crippen molar-refractivity contribution in [3.05, 3.63) is 182 Å². The van der Waals surface area contributed by atoms with Crippen LogP contribution in [0, 0.1) is 0 Å². The number of benzene rings is 8. The van der Waals surface area contributed by atoms with Gasteiger partial charge in [0.1, 0.15) is 5.58 Å². The van der Waals surface area contributed by atoms with Crippen molar-refractivity contribution >= 4 is 54.5 Å². The topological polar surface area (TPSA) is 56.7 Å². The van der Waals surface area contributed by atoms with Crippen LogP contribution in [0.5, 0.6) is 0 Å². The molecule has 0 aliphatic carbocycles. The Bertz CT molecular complexity index is 3160. The van der Waals surface area contributed by atoms with E-state index in [0.29, 0.717) is 17.5 Å². The summed E-state index contributed by atoms with van der Waals surface area (Å²) in [6, 6.07) is 63.3. The number of aromatic nitrogens is 4. The molecular weight excluding hydrogens is 661 g/mol. The third-order valence-electron chi connectivity index (χ3n) is 10.4. The van der Waals surface area contributed by atoms with E-state index in [-0.39, 0.29) is 0 Å². The number of hydrogen-bond acceptors (Lipinski definition) is 4. The number of nitrogens with zero attached hydrogens (tertiary/aromatic N) is 4. The molecule has 0 aliphatic rings. The zero-order valence-corrected chi connectivity index (χ0v) is 29.0. The van der Waals surface area contributed by atoms with E-state index in [1.807, 2.05) is 42.5 Å². The van der Waals surface area contributed by atoms with Gasteiger partial charge < -0.3 is 8.98 Å². The third-order valence-corrected chi connectivity index (χ3v) is 10.4.